The van der Waals surface area contributed by atoms with Crippen molar-refractivity contribution in [3.63, 3.8) is 0 Å². The van der Waals surface area contributed by atoms with Crippen molar-refractivity contribution in [1.29, 1.82) is 0 Å². The minimum atomic E-state index is 0.265. The molecule has 1 saturated heterocycles. The van der Waals surface area contributed by atoms with E-state index in [1.54, 1.807) is 7.11 Å². The number of methoxy groups -OCH3 is 1. The topological polar surface area (TPSA) is 29.5 Å². The molecular formula is C9H16INO2. The van der Waals surface area contributed by atoms with Crippen LogP contribution in [0, 0.1) is 5.92 Å². The van der Waals surface area contributed by atoms with Crippen LogP contribution in [-0.4, -0.2) is 42.0 Å². The van der Waals surface area contributed by atoms with E-state index in [0.717, 1.165) is 26.1 Å². The summed E-state index contributed by atoms with van der Waals surface area (Å²) in [5.41, 5.74) is 0. The fourth-order valence-electron chi connectivity index (χ4n) is 1.75. The summed E-state index contributed by atoms with van der Waals surface area (Å²) in [6, 6.07) is 0. The van der Waals surface area contributed by atoms with Crippen LogP contribution in [0.25, 0.3) is 0 Å². The van der Waals surface area contributed by atoms with Crippen LogP contribution in [0.4, 0.5) is 0 Å². The number of ether oxygens (including phenoxy) is 1. The number of piperidine rings is 1. The molecule has 1 aliphatic heterocycles. The molecule has 4 heteroatoms. The second-order valence-electron chi connectivity index (χ2n) is 3.44. The summed E-state index contributed by atoms with van der Waals surface area (Å²) in [6.07, 6.45) is 2.31. The van der Waals surface area contributed by atoms with E-state index in [9.17, 15) is 4.79 Å². The van der Waals surface area contributed by atoms with E-state index in [4.69, 9.17) is 4.74 Å². The zero-order chi connectivity index (χ0) is 9.68. The van der Waals surface area contributed by atoms with Crippen LogP contribution in [-0.2, 0) is 9.53 Å². The number of nitrogens with zero attached hydrogens (tertiary/aromatic N) is 1. The average molecular weight is 297 g/mol. The predicted octanol–water partition coefficient (Wildman–Crippen LogP) is 1.31. The first-order chi connectivity index (χ1) is 6.27. The molecule has 13 heavy (non-hydrogen) atoms. The molecule has 1 unspecified atom stereocenters. The molecule has 0 saturated carbocycles. The van der Waals surface area contributed by atoms with Gasteiger partial charge in [0.25, 0.3) is 0 Å². The highest BCUT2D eigenvalue weighted by atomic mass is 127. The fraction of sp³-hybridized carbons (Fsp3) is 0.889. The van der Waals surface area contributed by atoms with Gasteiger partial charge in [0.2, 0.25) is 5.91 Å². The number of carbonyl (C=O) groups is 1. The summed E-state index contributed by atoms with van der Waals surface area (Å²) >= 11 is 2.12. The molecule has 0 radical (unpaired) electrons. The van der Waals surface area contributed by atoms with Gasteiger partial charge in [-0.2, -0.15) is 0 Å². The zero-order valence-corrected chi connectivity index (χ0v) is 10.1. The standard InChI is InChI=1S/C9H16INO2/c1-13-7-8-3-2-4-11(6-8)9(12)5-10/h8H,2-7H2,1H3. The van der Waals surface area contributed by atoms with Gasteiger partial charge in [-0.15, -0.1) is 0 Å². The molecule has 0 bridgehead atoms. The summed E-state index contributed by atoms with van der Waals surface area (Å²) in [4.78, 5) is 13.4. The summed E-state index contributed by atoms with van der Waals surface area (Å²) in [7, 11) is 1.72. The fourth-order valence-corrected chi connectivity index (χ4v) is 2.23. The number of likely N-dealkylation sites (tertiary alicyclic amines) is 1. The van der Waals surface area contributed by atoms with Crippen LogP contribution >= 0.6 is 22.6 Å². The SMILES string of the molecule is COCC1CCCN(C(=O)CI)C1. The number of hydrogen-bond acceptors (Lipinski definition) is 2. The quantitative estimate of drug-likeness (QED) is 0.580. The normalized spacial score (nSPS) is 23.2. The summed E-state index contributed by atoms with van der Waals surface area (Å²) in [6.45, 7) is 2.60. The molecule has 3 nitrogen and oxygen atoms in total. The molecule has 0 aromatic rings. The molecule has 0 aliphatic carbocycles. The molecular weight excluding hydrogens is 281 g/mol. The molecule has 0 aromatic carbocycles. The third kappa shape index (κ3) is 3.42. The van der Waals surface area contributed by atoms with Gasteiger partial charge in [-0.3, -0.25) is 4.79 Å². The molecule has 1 aliphatic rings. The second kappa shape index (κ2) is 5.80. The van der Waals surface area contributed by atoms with Crippen molar-refractivity contribution in [1.82, 2.24) is 4.90 Å². The number of rotatable bonds is 3. The van der Waals surface area contributed by atoms with E-state index >= 15 is 0 Å². The highest BCUT2D eigenvalue weighted by molar-refractivity contribution is 14.1. The van der Waals surface area contributed by atoms with Gasteiger partial charge in [0, 0.05) is 20.2 Å². The van der Waals surface area contributed by atoms with Crippen LogP contribution in [0.15, 0.2) is 0 Å². The second-order valence-corrected chi connectivity index (χ2v) is 4.20. The minimum absolute atomic E-state index is 0.265. The molecule has 0 N–H and O–H groups in total. The Morgan fingerprint density at radius 2 is 2.46 bits per heavy atom. The Morgan fingerprint density at radius 1 is 1.69 bits per heavy atom. The van der Waals surface area contributed by atoms with E-state index < -0.39 is 0 Å². The Balaban J connectivity index is 2.37. The number of alkyl halides is 1. The van der Waals surface area contributed by atoms with Crippen molar-refractivity contribution >= 4 is 28.5 Å². The van der Waals surface area contributed by atoms with Gasteiger partial charge in [-0.25, -0.2) is 0 Å². The zero-order valence-electron chi connectivity index (χ0n) is 7.96. The van der Waals surface area contributed by atoms with Crippen LogP contribution in [0.1, 0.15) is 12.8 Å². The Kier molecular flexibility index (Phi) is 5.01. The highest BCUT2D eigenvalue weighted by Crippen LogP contribution is 2.16. The lowest BCUT2D eigenvalue weighted by Gasteiger charge is -2.32. The monoisotopic (exact) mass is 297 g/mol. The summed E-state index contributed by atoms with van der Waals surface area (Å²) < 4.78 is 5.70. The van der Waals surface area contributed by atoms with Gasteiger partial charge >= 0.3 is 0 Å². The largest absolute Gasteiger partial charge is 0.384 e. The van der Waals surface area contributed by atoms with Gasteiger partial charge in [-0.05, 0) is 18.8 Å². The van der Waals surface area contributed by atoms with Crippen LogP contribution < -0.4 is 0 Å². The predicted molar refractivity (Wildman–Crippen MR) is 60.1 cm³/mol. The van der Waals surface area contributed by atoms with Crippen LogP contribution in [0.5, 0.6) is 0 Å². The lowest BCUT2D eigenvalue weighted by molar-refractivity contribution is -0.130. The molecule has 1 amide bonds. The van der Waals surface area contributed by atoms with Crippen LogP contribution in [0.3, 0.4) is 0 Å². The molecule has 1 rings (SSSR count). The number of halogens is 1. The van der Waals surface area contributed by atoms with Gasteiger partial charge in [0.1, 0.15) is 0 Å². The lowest BCUT2D eigenvalue weighted by Crippen LogP contribution is -2.41. The average Bonchev–Trinajstić information content (AvgIpc) is 2.18. The molecule has 1 heterocycles. The molecule has 76 valence electrons. The third-order valence-electron chi connectivity index (χ3n) is 2.39. The molecule has 0 aromatic heterocycles. The first-order valence-corrected chi connectivity index (χ1v) is 6.13. The first kappa shape index (κ1) is 11.2. The summed E-state index contributed by atoms with van der Waals surface area (Å²) in [5.74, 6) is 0.812. The Bertz CT molecular complexity index is 173. The minimum Gasteiger partial charge on any atom is -0.384 e. The van der Waals surface area contributed by atoms with Crippen molar-refractivity contribution in [2.45, 2.75) is 12.8 Å². The molecule has 1 atom stereocenters. The maximum absolute atomic E-state index is 11.4. The Labute approximate surface area is 92.9 Å². The Hall–Kier alpha value is 0.160. The third-order valence-corrected chi connectivity index (χ3v) is 3.04. The summed E-state index contributed by atoms with van der Waals surface area (Å²) in [5, 5.41) is 0. The smallest absolute Gasteiger partial charge is 0.232 e. The van der Waals surface area contributed by atoms with E-state index in [2.05, 4.69) is 22.6 Å². The van der Waals surface area contributed by atoms with Crippen molar-refractivity contribution in [2.24, 2.45) is 5.92 Å². The van der Waals surface area contributed by atoms with Gasteiger partial charge in [0.15, 0.2) is 0 Å². The van der Waals surface area contributed by atoms with Crippen molar-refractivity contribution < 1.29 is 9.53 Å². The van der Waals surface area contributed by atoms with Crippen molar-refractivity contribution in [3.05, 3.63) is 0 Å². The van der Waals surface area contributed by atoms with E-state index in [1.807, 2.05) is 4.90 Å². The maximum Gasteiger partial charge on any atom is 0.232 e. The van der Waals surface area contributed by atoms with E-state index in [-0.39, 0.29) is 5.91 Å². The van der Waals surface area contributed by atoms with Gasteiger partial charge < -0.3 is 9.64 Å². The van der Waals surface area contributed by atoms with E-state index in [1.165, 1.54) is 6.42 Å². The maximum atomic E-state index is 11.4. The lowest BCUT2D eigenvalue weighted by atomic mass is 9.99. The Morgan fingerprint density at radius 3 is 3.08 bits per heavy atom. The van der Waals surface area contributed by atoms with Gasteiger partial charge in [0.05, 0.1) is 11.0 Å². The van der Waals surface area contributed by atoms with E-state index in [0.29, 0.717) is 10.3 Å². The highest BCUT2D eigenvalue weighted by Gasteiger charge is 2.22. The van der Waals surface area contributed by atoms with Crippen molar-refractivity contribution in [3.8, 4) is 0 Å². The van der Waals surface area contributed by atoms with Gasteiger partial charge in [-0.1, -0.05) is 22.6 Å². The van der Waals surface area contributed by atoms with Crippen LogP contribution in [0.2, 0.25) is 0 Å². The number of carbonyl (C=O) groups excluding carboxylic acids is 1. The number of amides is 1. The van der Waals surface area contributed by atoms with Crippen molar-refractivity contribution in [2.75, 3.05) is 31.2 Å². The first-order valence-electron chi connectivity index (χ1n) is 4.60. The number of hydrogen-bond donors (Lipinski definition) is 0. The molecule has 0 spiro atoms. The molecule has 1 fully saturated rings.